The van der Waals surface area contributed by atoms with Gasteiger partial charge in [0, 0.05) is 29.7 Å². The van der Waals surface area contributed by atoms with Crippen molar-refractivity contribution < 1.29 is 0 Å². The Balaban J connectivity index is 1.43. The van der Waals surface area contributed by atoms with Gasteiger partial charge in [-0.05, 0) is 57.7 Å². The molecular weight excluding hydrogens is 593 g/mol. The van der Waals surface area contributed by atoms with Crippen molar-refractivity contribution in [2.24, 2.45) is 4.99 Å². The van der Waals surface area contributed by atoms with E-state index in [1.54, 1.807) is 12.1 Å². The molecule has 1 aromatic heterocycles. The van der Waals surface area contributed by atoms with E-state index in [1.165, 1.54) is 16.9 Å². The van der Waals surface area contributed by atoms with Gasteiger partial charge in [-0.25, -0.2) is 4.99 Å². The maximum Gasteiger partial charge on any atom is 0.271 e. The first kappa shape index (κ1) is 27.8. The Labute approximate surface area is 263 Å². The van der Waals surface area contributed by atoms with Gasteiger partial charge in [-0.3, -0.25) is 14.3 Å². The Hall–Kier alpha value is -4.00. The van der Waals surface area contributed by atoms with E-state index >= 15 is 0 Å². The van der Waals surface area contributed by atoms with Gasteiger partial charge in [-0.2, -0.15) is 0 Å². The van der Waals surface area contributed by atoms with Crippen LogP contribution in [0.3, 0.4) is 0 Å². The maximum atomic E-state index is 14.2. The van der Waals surface area contributed by atoms with Crippen molar-refractivity contribution in [2.75, 3.05) is 13.1 Å². The molecule has 3 heterocycles. The summed E-state index contributed by atoms with van der Waals surface area (Å²) in [5.74, 6) is 0. The second-order valence-electron chi connectivity index (χ2n) is 10.7. The molecule has 212 valence electrons. The first-order chi connectivity index (χ1) is 21.0. The van der Waals surface area contributed by atoms with E-state index in [0.717, 1.165) is 46.6 Å². The molecule has 1 atom stereocenters. The van der Waals surface area contributed by atoms with Gasteiger partial charge in [0.2, 0.25) is 0 Å². The molecule has 7 heteroatoms. The number of benzene rings is 4. The summed E-state index contributed by atoms with van der Waals surface area (Å²) < 4.78 is 2.44. The van der Waals surface area contributed by atoms with E-state index in [2.05, 4.69) is 71.6 Å². The number of fused-ring (bicyclic) bond motifs is 1. The van der Waals surface area contributed by atoms with Crippen LogP contribution in [0.15, 0.2) is 136 Å². The van der Waals surface area contributed by atoms with Crippen LogP contribution in [-0.4, -0.2) is 22.6 Å². The van der Waals surface area contributed by atoms with Gasteiger partial charge >= 0.3 is 0 Å². The van der Waals surface area contributed by atoms with E-state index in [0.29, 0.717) is 25.9 Å². The Morgan fingerprint density at radius 1 is 0.837 bits per heavy atom. The molecule has 2 aliphatic rings. The highest BCUT2D eigenvalue weighted by Gasteiger charge is 2.34. The molecule has 0 spiro atoms. The monoisotopic (exact) mass is 619 g/mol. The van der Waals surface area contributed by atoms with E-state index < -0.39 is 0 Å². The summed E-state index contributed by atoms with van der Waals surface area (Å²) in [5, 5.41) is 1.06. The second-order valence-corrected chi connectivity index (χ2v) is 12.6. The van der Waals surface area contributed by atoms with Crippen molar-refractivity contribution in [2.45, 2.75) is 12.6 Å². The molecule has 43 heavy (non-hydrogen) atoms. The van der Waals surface area contributed by atoms with Crippen molar-refractivity contribution in [1.29, 1.82) is 0 Å². The molecule has 4 nitrogen and oxygen atoms in total. The highest BCUT2D eigenvalue weighted by atomic mass is 35.5. The number of nitrogens with zero attached hydrogens (tertiary/aromatic N) is 3. The predicted octanol–water partition coefficient (Wildman–Crippen LogP) is 7.12. The van der Waals surface area contributed by atoms with Crippen LogP contribution in [0.5, 0.6) is 0 Å². The van der Waals surface area contributed by atoms with Crippen LogP contribution in [-0.2, 0) is 6.54 Å². The average Bonchev–Trinajstić information content (AvgIpc) is 3.33. The molecule has 0 radical (unpaired) electrons. The lowest BCUT2D eigenvalue weighted by Gasteiger charge is -2.37. The molecule has 7 rings (SSSR count). The lowest BCUT2D eigenvalue weighted by atomic mass is 9.89. The van der Waals surface area contributed by atoms with E-state index in [1.807, 2.05) is 47.0 Å². The standard InChI is InChI=1S/C36H27Cl2N3OS/c37-29-17-16-27(31(38)20-29)19-32-35(42)41-34(26-14-8-3-9-15-26)30-23-40(21-25-12-6-2-7-13-25)22-28(33(30)39-36(41)43-32)18-24-10-4-1-5-11-24/h1-20,34H,21-23H2/b28-18+,32-19+. The van der Waals surface area contributed by atoms with Crippen LogP contribution in [0.2, 0.25) is 10.0 Å². The zero-order chi connectivity index (χ0) is 29.3. The third-order valence-corrected chi connectivity index (χ3v) is 9.33. The van der Waals surface area contributed by atoms with Crippen molar-refractivity contribution in [3.8, 4) is 0 Å². The fraction of sp³-hybridized carbons (Fsp3) is 0.111. The largest absolute Gasteiger partial charge is 0.291 e. The zero-order valence-electron chi connectivity index (χ0n) is 23.2. The molecule has 5 aromatic rings. The van der Waals surface area contributed by atoms with Gasteiger partial charge in [0.05, 0.1) is 16.3 Å². The number of hydrogen-bond acceptors (Lipinski definition) is 4. The fourth-order valence-electron chi connectivity index (χ4n) is 5.86. The lowest BCUT2D eigenvalue weighted by molar-refractivity contribution is 0.291. The Morgan fingerprint density at radius 2 is 1.53 bits per heavy atom. The lowest BCUT2D eigenvalue weighted by Crippen LogP contribution is -2.43. The molecule has 4 aromatic carbocycles. The van der Waals surface area contributed by atoms with Crippen molar-refractivity contribution in [3.63, 3.8) is 0 Å². The van der Waals surface area contributed by atoms with Crippen LogP contribution >= 0.6 is 34.5 Å². The molecule has 0 N–H and O–H groups in total. The minimum absolute atomic E-state index is 0.0797. The Morgan fingerprint density at radius 3 is 2.26 bits per heavy atom. The molecule has 1 unspecified atom stereocenters. The van der Waals surface area contributed by atoms with Crippen molar-refractivity contribution >= 4 is 46.7 Å². The highest BCUT2D eigenvalue weighted by Crippen LogP contribution is 2.37. The first-order valence-electron chi connectivity index (χ1n) is 14.1. The van der Waals surface area contributed by atoms with Crippen molar-refractivity contribution in [3.05, 3.63) is 178 Å². The van der Waals surface area contributed by atoms with Crippen LogP contribution < -0.4 is 14.9 Å². The Bertz CT molecular complexity index is 2050. The molecule has 2 aliphatic heterocycles. The van der Waals surface area contributed by atoms with E-state index in [4.69, 9.17) is 28.2 Å². The van der Waals surface area contributed by atoms with Crippen molar-refractivity contribution in [1.82, 2.24) is 9.47 Å². The maximum absolute atomic E-state index is 14.2. The number of rotatable bonds is 5. The minimum Gasteiger partial charge on any atom is -0.291 e. The molecule has 0 saturated carbocycles. The smallest absolute Gasteiger partial charge is 0.271 e. The van der Waals surface area contributed by atoms with E-state index in [9.17, 15) is 4.79 Å². The molecular formula is C36H27Cl2N3OS. The summed E-state index contributed by atoms with van der Waals surface area (Å²) in [6, 6.07) is 36.2. The number of thiazole rings is 1. The molecule has 0 fully saturated rings. The SMILES string of the molecule is O=c1/c(=C\c2ccc(Cl)cc2Cl)sc2n1C(c1ccccc1)C1=C(N=2)/C(=C/c2ccccc2)CN(Cc2ccccc2)C1. The fourth-order valence-corrected chi connectivity index (χ4v) is 7.32. The highest BCUT2D eigenvalue weighted by molar-refractivity contribution is 7.07. The van der Waals surface area contributed by atoms with Gasteiger partial charge in [-0.1, -0.05) is 132 Å². The molecule has 0 saturated heterocycles. The summed E-state index contributed by atoms with van der Waals surface area (Å²) in [6.07, 6.45) is 4.08. The first-order valence-corrected chi connectivity index (χ1v) is 15.7. The number of aromatic nitrogens is 1. The summed E-state index contributed by atoms with van der Waals surface area (Å²) in [7, 11) is 0. The van der Waals surface area contributed by atoms with Gasteiger partial charge in [-0.15, -0.1) is 0 Å². The summed E-state index contributed by atoms with van der Waals surface area (Å²) in [4.78, 5) is 22.5. The van der Waals surface area contributed by atoms with Crippen LogP contribution in [0, 0.1) is 0 Å². The van der Waals surface area contributed by atoms with Crippen LogP contribution in [0.25, 0.3) is 12.2 Å². The number of hydrogen-bond donors (Lipinski definition) is 0. The second kappa shape index (κ2) is 11.9. The summed E-state index contributed by atoms with van der Waals surface area (Å²) in [6.45, 7) is 2.25. The Kier molecular flexibility index (Phi) is 7.72. The molecule has 0 amide bonds. The van der Waals surface area contributed by atoms with Crippen LogP contribution in [0.4, 0.5) is 0 Å². The topological polar surface area (TPSA) is 37.6 Å². The number of halogens is 2. The minimum atomic E-state index is -0.284. The third-order valence-electron chi connectivity index (χ3n) is 7.78. The molecule has 0 bridgehead atoms. The van der Waals surface area contributed by atoms with E-state index in [-0.39, 0.29) is 11.6 Å². The summed E-state index contributed by atoms with van der Waals surface area (Å²) >= 11 is 14.0. The van der Waals surface area contributed by atoms with Gasteiger partial charge < -0.3 is 0 Å². The summed E-state index contributed by atoms with van der Waals surface area (Å²) in [5.41, 5.74) is 7.33. The van der Waals surface area contributed by atoms with Gasteiger partial charge in [0.1, 0.15) is 0 Å². The normalized spacial score (nSPS) is 18.0. The van der Waals surface area contributed by atoms with Gasteiger partial charge in [0.15, 0.2) is 4.80 Å². The quantitative estimate of drug-likeness (QED) is 0.210. The zero-order valence-corrected chi connectivity index (χ0v) is 25.5. The predicted molar refractivity (Wildman–Crippen MR) is 177 cm³/mol. The third kappa shape index (κ3) is 5.69. The molecule has 0 aliphatic carbocycles. The van der Waals surface area contributed by atoms with Gasteiger partial charge in [0.25, 0.3) is 5.56 Å². The average molecular weight is 621 g/mol. The van der Waals surface area contributed by atoms with Crippen LogP contribution in [0.1, 0.15) is 28.3 Å².